The second-order valence-electron chi connectivity index (χ2n) is 12.9. The van der Waals surface area contributed by atoms with Crippen LogP contribution in [0, 0.1) is 0 Å². The zero-order valence-corrected chi connectivity index (χ0v) is 31.6. The molecule has 5 aromatic carbocycles. The summed E-state index contributed by atoms with van der Waals surface area (Å²) < 4.78 is 35.2. The highest BCUT2D eigenvalue weighted by Crippen LogP contribution is 2.32. The topological polar surface area (TPSA) is 103 Å². The molecule has 0 fully saturated rings. The van der Waals surface area contributed by atoms with Gasteiger partial charge >= 0.3 is 0 Å². The van der Waals surface area contributed by atoms with Crippen molar-refractivity contribution in [1.29, 1.82) is 0 Å². The van der Waals surface area contributed by atoms with Gasteiger partial charge in [0.05, 0.1) is 16.3 Å². The predicted octanol–water partition coefficient (Wildman–Crippen LogP) is 9.21. The van der Waals surface area contributed by atoms with E-state index < -0.39 is 10.1 Å². The van der Waals surface area contributed by atoms with Crippen LogP contribution in [0.15, 0.2) is 172 Å². The van der Waals surface area contributed by atoms with E-state index in [9.17, 15) is 13.0 Å². The third kappa shape index (κ3) is 10.7. The molecule has 1 aliphatic carbocycles. The lowest BCUT2D eigenvalue weighted by atomic mass is 9.90. The minimum atomic E-state index is -4.50. The van der Waals surface area contributed by atoms with Crippen LogP contribution < -0.4 is 15.1 Å². The van der Waals surface area contributed by atoms with Crippen molar-refractivity contribution in [3.8, 4) is 0 Å². The Morgan fingerprint density at radius 3 is 1.60 bits per heavy atom. The third-order valence-corrected chi connectivity index (χ3v) is 9.17. The van der Waals surface area contributed by atoms with Gasteiger partial charge < -0.3 is 19.7 Å². The van der Waals surface area contributed by atoms with Gasteiger partial charge in [0.25, 0.3) is 0 Å². The van der Waals surface area contributed by atoms with Crippen molar-refractivity contribution in [3.63, 3.8) is 0 Å². The molecule has 1 N–H and O–H groups in total. The molecule has 0 atom stereocenters. The van der Waals surface area contributed by atoms with Crippen LogP contribution in [-0.4, -0.2) is 65.5 Å². The highest BCUT2D eigenvalue weighted by Gasteiger charge is 2.14. The molecule has 0 unspecified atom stereocenters. The van der Waals surface area contributed by atoms with Crippen LogP contribution in [-0.2, 0) is 10.1 Å². The Labute approximate surface area is 313 Å². The molecule has 0 saturated heterocycles. The molecule has 0 saturated carbocycles. The minimum Gasteiger partial charge on any atom is -0.744 e. The molecule has 10 heteroatoms. The van der Waals surface area contributed by atoms with Crippen LogP contribution in [0.25, 0.3) is 5.57 Å². The Kier molecular flexibility index (Phi) is 12.5. The van der Waals surface area contributed by atoms with Crippen molar-refractivity contribution in [3.05, 3.63) is 168 Å². The Bertz CT molecular complexity index is 2200. The Morgan fingerprint density at radius 1 is 0.604 bits per heavy atom. The fourth-order valence-corrected chi connectivity index (χ4v) is 5.91. The van der Waals surface area contributed by atoms with E-state index in [1.807, 2.05) is 42.5 Å². The number of para-hydroxylation sites is 1. The molecule has 53 heavy (non-hydrogen) atoms. The van der Waals surface area contributed by atoms with Crippen molar-refractivity contribution < 1.29 is 17.5 Å². The van der Waals surface area contributed by atoms with Gasteiger partial charge in [0.15, 0.2) is 5.71 Å². The molecule has 0 amide bonds. The number of hydrogen-bond acceptors (Lipinski definition) is 8. The van der Waals surface area contributed by atoms with E-state index in [0.29, 0.717) is 11.4 Å². The second kappa shape index (κ2) is 17.4. The SMILES string of the molecule is CN(C)c1ccc(C(=C2C=CC(=[N+](C)C)C=C2)c2ccc(N(C)C)cc2)cc1.O=S(=O)([O-])c1cccc(N=Nc2ccc(Nc3ccccc3)cc2)c1. The first-order valence-corrected chi connectivity index (χ1v) is 18.4. The standard InChI is InChI=1S/C25H30N3.C18H15N3O3S/c1-26(2)22-13-7-19(8-14-22)25(20-9-15-23(16-10-20)27(3)4)21-11-17-24(18-12-21)28(5)6;22-25(23,24)18-8-4-7-17(13-18)21-20-16-11-9-15(10-12-16)19-14-5-2-1-3-6-14/h7-18H,1-6H3;1-13,19H,(H,22,23,24)/q+1;/p-1. The first-order valence-electron chi connectivity index (χ1n) is 17.0. The number of azo groups is 1. The number of benzene rings is 5. The highest BCUT2D eigenvalue weighted by atomic mass is 32.2. The van der Waals surface area contributed by atoms with Crippen LogP contribution in [0.1, 0.15) is 11.1 Å². The van der Waals surface area contributed by atoms with Gasteiger partial charge in [-0.3, -0.25) is 0 Å². The molecule has 0 spiro atoms. The van der Waals surface area contributed by atoms with Crippen LogP contribution in [0.2, 0.25) is 0 Å². The second-order valence-corrected chi connectivity index (χ2v) is 14.3. The number of rotatable bonds is 9. The Hall–Kier alpha value is -6.10. The van der Waals surface area contributed by atoms with Crippen LogP contribution in [0.3, 0.4) is 0 Å². The number of allylic oxidation sites excluding steroid dienone is 5. The lowest BCUT2D eigenvalue weighted by Gasteiger charge is -2.18. The van der Waals surface area contributed by atoms with Gasteiger partial charge in [0.1, 0.15) is 24.2 Å². The van der Waals surface area contributed by atoms with E-state index in [1.165, 1.54) is 57.6 Å². The Morgan fingerprint density at radius 2 is 1.11 bits per heavy atom. The maximum absolute atomic E-state index is 11.0. The van der Waals surface area contributed by atoms with Crippen LogP contribution >= 0.6 is 0 Å². The van der Waals surface area contributed by atoms with Crippen LogP contribution in [0.5, 0.6) is 0 Å². The molecule has 0 heterocycles. The number of hydrogen-bond donors (Lipinski definition) is 1. The maximum atomic E-state index is 11.0. The Balaban J connectivity index is 0.000000206. The fraction of sp³-hybridized carbons (Fsp3) is 0.140. The quantitative estimate of drug-likeness (QED) is 0.0924. The third-order valence-electron chi connectivity index (χ3n) is 8.33. The summed E-state index contributed by atoms with van der Waals surface area (Å²) in [6.45, 7) is 0. The van der Waals surface area contributed by atoms with E-state index in [4.69, 9.17) is 0 Å². The first-order chi connectivity index (χ1) is 25.4. The summed E-state index contributed by atoms with van der Waals surface area (Å²) in [5.41, 5.74) is 11.3. The van der Waals surface area contributed by atoms with Gasteiger partial charge in [-0.05, 0) is 113 Å². The van der Waals surface area contributed by atoms with Gasteiger partial charge in [-0.1, -0.05) is 48.5 Å². The summed E-state index contributed by atoms with van der Waals surface area (Å²) in [6.07, 6.45) is 8.78. The van der Waals surface area contributed by atoms with Gasteiger partial charge in [-0.25, -0.2) is 13.0 Å². The van der Waals surface area contributed by atoms with E-state index in [2.05, 4.69) is 145 Å². The normalized spacial score (nSPS) is 12.3. The lowest BCUT2D eigenvalue weighted by Crippen LogP contribution is -2.10. The summed E-state index contributed by atoms with van der Waals surface area (Å²) in [5, 5.41) is 11.3. The van der Waals surface area contributed by atoms with Gasteiger partial charge in [-0.15, -0.1) is 0 Å². The summed E-state index contributed by atoms with van der Waals surface area (Å²) >= 11 is 0. The van der Waals surface area contributed by atoms with E-state index >= 15 is 0 Å². The average molecular weight is 725 g/mol. The van der Waals surface area contributed by atoms with E-state index in [-0.39, 0.29) is 4.90 Å². The zero-order chi connectivity index (χ0) is 38.0. The summed E-state index contributed by atoms with van der Waals surface area (Å²) in [4.78, 5) is 3.92. The number of anilines is 4. The molecule has 1 aliphatic rings. The summed E-state index contributed by atoms with van der Waals surface area (Å²) in [6, 6.07) is 40.1. The molecule has 0 radical (unpaired) electrons. The summed E-state index contributed by atoms with van der Waals surface area (Å²) in [5.74, 6) is 0. The van der Waals surface area contributed by atoms with Gasteiger partial charge in [0, 0.05) is 63.1 Å². The average Bonchev–Trinajstić information content (AvgIpc) is 3.16. The molecule has 0 aliphatic heterocycles. The van der Waals surface area contributed by atoms with E-state index in [0.717, 1.165) is 11.4 Å². The largest absolute Gasteiger partial charge is 0.744 e. The van der Waals surface area contributed by atoms with E-state index in [1.54, 1.807) is 18.2 Å². The molecular formula is C43H44N6O3S. The van der Waals surface area contributed by atoms with Crippen molar-refractivity contribution in [2.24, 2.45) is 10.2 Å². The maximum Gasteiger partial charge on any atom is 0.199 e. The zero-order valence-electron chi connectivity index (χ0n) is 30.8. The van der Waals surface area contributed by atoms with Crippen molar-refractivity contribution in [1.82, 2.24) is 0 Å². The molecule has 270 valence electrons. The minimum absolute atomic E-state index is 0.295. The van der Waals surface area contributed by atoms with Crippen molar-refractivity contribution in [2.75, 3.05) is 57.4 Å². The predicted molar refractivity (Wildman–Crippen MR) is 218 cm³/mol. The smallest absolute Gasteiger partial charge is 0.199 e. The van der Waals surface area contributed by atoms with Gasteiger partial charge in [-0.2, -0.15) is 10.2 Å². The molecule has 0 aromatic heterocycles. The monoisotopic (exact) mass is 724 g/mol. The molecule has 0 bridgehead atoms. The van der Waals surface area contributed by atoms with Crippen LogP contribution in [0.4, 0.5) is 34.1 Å². The lowest BCUT2D eigenvalue weighted by molar-refractivity contribution is -0.462. The molecule has 5 aromatic rings. The number of nitrogens with zero attached hydrogens (tertiary/aromatic N) is 5. The summed E-state index contributed by atoms with van der Waals surface area (Å²) in [7, 11) is 7.91. The molecular weight excluding hydrogens is 681 g/mol. The first kappa shape index (κ1) is 38.1. The van der Waals surface area contributed by atoms with Crippen molar-refractivity contribution >= 4 is 55.5 Å². The number of nitrogens with one attached hydrogen (secondary N) is 1. The van der Waals surface area contributed by atoms with Crippen molar-refractivity contribution in [2.45, 2.75) is 4.90 Å². The van der Waals surface area contributed by atoms with Gasteiger partial charge in [0.2, 0.25) is 0 Å². The molecule has 9 nitrogen and oxygen atoms in total. The fourth-order valence-electron chi connectivity index (χ4n) is 5.39. The molecule has 6 rings (SSSR count). The highest BCUT2D eigenvalue weighted by molar-refractivity contribution is 7.85.